The summed E-state index contributed by atoms with van der Waals surface area (Å²) in [6.45, 7) is 0. The summed E-state index contributed by atoms with van der Waals surface area (Å²) < 4.78 is 0. The Labute approximate surface area is 125 Å². The van der Waals surface area contributed by atoms with E-state index < -0.39 is 8.60 Å². The SMILES string of the molecule is OP(O)O.[H-].[H-].[K+].[K+]. The summed E-state index contributed by atoms with van der Waals surface area (Å²) in [6.07, 6.45) is 0. The number of hydrogen-bond acceptors (Lipinski definition) is 3. The van der Waals surface area contributed by atoms with Crippen molar-refractivity contribution in [3.05, 3.63) is 0 Å². The minimum absolute atomic E-state index is 0. The molecule has 0 rings (SSSR count). The van der Waals surface area contributed by atoms with Crippen LogP contribution in [0.5, 0.6) is 0 Å². The van der Waals surface area contributed by atoms with E-state index in [1.54, 1.807) is 0 Å². The van der Waals surface area contributed by atoms with E-state index in [2.05, 4.69) is 0 Å². The first kappa shape index (κ1) is 16.3. The maximum Gasteiger partial charge on any atom is 1.00 e. The minimum Gasteiger partial charge on any atom is -1.00 e. The Bertz CT molecular complexity index is 20.0. The normalized spacial score (nSPS) is 6.00. The smallest absolute Gasteiger partial charge is 1.00 e. The van der Waals surface area contributed by atoms with Crippen LogP contribution < -0.4 is 103 Å². The molecule has 0 fully saturated rings. The Morgan fingerprint density at radius 2 is 1.00 bits per heavy atom. The Morgan fingerprint density at radius 3 is 1.00 bits per heavy atom. The molecule has 0 spiro atoms. The van der Waals surface area contributed by atoms with E-state index in [9.17, 15) is 0 Å². The van der Waals surface area contributed by atoms with Crippen LogP contribution in [-0.4, -0.2) is 14.7 Å². The molecule has 0 aromatic carbocycles. The van der Waals surface area contributed by atoms with Crippen LogP contribution in [0.2, 0.25) is 0 Å². The van der Waals surface area contributed by atoms with Crippen LogP contribution in [0.15, 0.2) is 0 Å². The van der Waals surface area contributed by atoms with Crippen LogP contribution in [-0.2, 0) is 0 Å². The minimum atomic E-state index is -2.62. The van der Waals surface area contributed by atoms with Gasteiger partial charge < -0.3 is 17.5 Å². The van der Waals surface area contributed by atoms with Crippen molar-refractivity contribution in [3.63, 3.8) is 0 Å². The van der Waals surface area contributed by atoms with Crippen molar-refractivity contribution in [2.45, 2.75) is 0 Å². The second-order valence-electron chi connectivity index (χ2n) is 0.268. The summed E-state index contributed by atoms with van der Waals surface area (Å²) in [5.41, 5.74) is 0. The van der Waals surface area contributed by atoms with E-state index in [0.29, 0.717) is 0 Å². The predicted molar refractivity (Wildman–Crippen MR) is 15.8 cm³/mol. The van der Waals surface area contributed by atoms with Gasteiger partial charge in [-0.25, -0.2) is 0 Å². The van der Waals surface area contributed by atoms with E-state index in [-0.39, 0.29) is 106 Å². The third-order valence-electron chi connectivity index (χ3n) is 0. The van der Waals surface area contributed by atoms with Gasteiger partial charge in [-0.1, -0.05) is 0 Å². The molecule has 0 aromatic rings. The molecule has 0 aliphatic carbocycles. The second kappa shape index (κ2) is 11.4. The summed E-state index contributed by atoms with van der Waals surface area (Å²) in [6, 6.07) is 0. The van der Waals surface area contributed by atoms with Crippen LogP contribution in [0.1, 0.15) is 2.85 Å². The van der Waals surface area contributed by atoms with Crippen molar-refractivity contribution in [1.82, 2.24) is 0 Å². The molecular formula is H5K2O3P. The first-order chi connectivity index (χ1) is 1.73. The van der Waals surface area contributed by atoms with Gasteiger partial charge in [0.15, 0.2) is 0 Å². The van der Waals surface area contributed by atoms with E-state index in [0.717, 1.165) is 0 Å². The van der Waals surface area contributed by atoms with Crippen LogP contribution in [0, 0.1) is 0 Å². The van der Waals surface area contributed by atoms with Gasteiger partial charge in [0, 0.05) is 0 Å². The zero-order valence-electron chi connectivity index (χ0n) is 5.79. The molecule has 0 unspecified atom stereocenters. The van der Waals surface area contributed by atoms with Crippen molar-refractivity contribution in [3.8, 4) is 0 Å². The molecule has 0 aliphatic rings. The predicted octanol–water partition coefficient (Wildman–Crippen LogP) is -6.58. The van der Waals surface area contributed by atoms with Crippen LogP contribution in [0.4, 0.5) is 0 Å². The first-order valence-corrected chi connectivity index (χ1v) is 1.80. The Morgan fingerprint density at radius 1 is 1.00 bits per heavy atom. The van der Waals surface area contributed by atoms with Gasteiger partial charge in [-0.3, -0.25) is 0 Å². The average Bonchev–Trinajstić information content (AvgIpc) is 0.811. The zero-order chi connectivity index (χ0) is 3.58. The van der Waals surface area contributed by atoms with Crippen LogP contribution >= 0.6 is 8.60 Å². The van der Waals surface area contributed by atoms with Crippen LogP contribution in [0.25, 0.3) is 0 Å². The van der Waals surface area contributed by atoms with Crippen molar-refractivity contribution in [1.29, 1.82) is 0 Å². The third-order valence-corrected chi connectivity index (χ3v) is 0. The van der Waals surface area contributed by atoms with Gasteiger partial charge in [0.25, 0.3) is 0 Å². The summed E-state index contributed by atoms with van der Waals surface area (Å²) in [5.74, 6) is 0. The maximum absolute atomic E-state index is 7.23. The summed E-state index contributed by atoms with van der Waals surface area (Å²) in [7, 11) is -2.62. The number of rotatable bonds is 0. The molecule has 0 heterocycles. The molecule has 0 amide bonds. The molecule has 0 atom stereocenters. The molecule has 0 aliphatic heterocycles. The van der Waals surface area contributed by atoms with E-state index >= 15 is 0 Å². The largest absolute Gasteiger partial charge is 1.00 e. The van der Waals surface area contributed by atoms with Gasteiger partial charge in [0.2, 0.25) is 0 Å². The monoisotopic (exact) mass is 162 g/mol. The van der Waals surface area contributed by atoms with E-state index in [1.807, 2.05) is 0 Å². The maximum atomic E-state index is 7.23. The van der Waals surface area contributed by atoms with Gasteiger partial charge in [0.1, 0.15) is 0 Å². The fourth-order valence-electron chi connectivity index (χ4n) is 0. The second-order valence-corrected chi connectivity index (χ2v) is 0.805. The number of hydrogen-bond donors (Lipinski definition) is 3. The third kappa shape index (κ3) is 25.6. The van der Waals surface area contributed by atoms with Crippen LogP contribution in [0.3, 0.4) is 0 Å². The van der Waals surface area contributed by atoms with E-state index in [1.165, 1.54) is 0 Å². The molecule has 30 valence electrons. The van der Waals surface area contributed by atoms with Crippen molar-refractivity contribution >= 4 is 8.60 Å². The molecule has 0 saturated heterocycles. The van der Waals surface area contributed by atoms with Gasteiger partial charge in [-0.2, -0.15) is 0 Å². The molecule has 6 heavy (non-hydrogen) atoms. The average molecular weight is 162 g/mol. The van der Waals surface area contributed by atoms with Crippen molar-refractivity contribution < 1.29 is 120 Å². The Balaban J connectivity index is -0.00000000750. The summed E-state index contributed by atoms with van der Waals surface area (Å²) in [4.78, 5) is 21.7. The molecule has 6 heteroatoms. The van der Waals surface area contributed by atoms with Crippen molar-refractivity contribution in [2.75, 3.05) is 0 Å². The standard InChI is InChI=1S/2K.H3O3P.2H/c;;1-4(2)3;;/h;;1-3H;;/q2*+1;;2*-1. The molecule has 0 saturated carbocycles. The molecule has 0 bridgehead atoms. The molecule has 3 nitrogen and oxygen atoms in total. The topological polar surface area (TPSA) is 60.7 Å². The van der Waals surface area contributed by atoms with E-state index in [4.69, 9.17) is 14.7 Å². The molecule has 3 N–H and O–H groups in total. The van der Waals surface area contributed by atoms with Crippen molar-refractivity contribution in [2.24, 2.45) is 0 Å². The fourth-order valence-corrected chi connectivity index (χ4v) is 0. The van der Waals surface area contributed by atoms with Gasteiger partial charge in [0.05, 0.1) is 0 Å². The zero-order valence-corrected chi connectivity index (χ0v) is 10.9. The van der Waals surface area contributed by atoms with Gasteiger partial charge in [-0.05, 0) is 0 Å². The van der Waals surface area contributed by atoms with Gasteiger partial charge >= 0.3 is 111 Å². The Kier molecular flexibility index (Phi) is 30.9. The Hall–Kier alpha value is 3.58. The fraction of sp³-hybridized carbons (Fsp3) is 0. The summed E-state index contributed by atoms with van der Waals surface area (Å²) >= 11 is 0. The molecular weight excluding hydrogens is 157 g/mol. The molecule has 0 radical (unpaired) electrons. The quantitative estimate of drug-likeness (QED) is 0.245. The first-order valence-electron chi connectivity index (χ1n) is 0.600. The molecule has 0 aromatic heterocycles. The van der Waals surface area contributed by atoms with Gasteiger partial charge in [-0.15, -0.1) is 0 Å². The summed E-state index contributed by atoms with van der Waals surface area (Å²) in [5, 5.41) is 0.